The van der Waals surface area contributed by atoms with Gasteiger partial charge in [-0.05, 0) is 233 Å². The Morgan fingerprint density at radius 3 is 0.932 bits per heavy atom. The zero-order valence-electron chi connectivity index (χ0n) is 81.9. The van der Waals surface area contributed by atoms with Crippen LogP contribution in [-0.4, -0.2) is 184 Å². The van der Waals surface area contributed by atoms with Crippen LogP contribution < -0.4 is 0 Å². The molecule has 42 heteroatoms. The van der Waals surface area contributed by atoms with Crippen molar-refractivity contribution in [3.8, 4) is 0 Å². The third-order valence-corrected chi connectivity index (χ3v) is 31.1. The number of esters is 4. The van der Waals surface area contributed by atoms with Crippen molar-refractivity contribution in [2.45, 2.75) is 142 Å². The smallest absolute Gasteiger partial charge is 0.416 e. The van der Waals surface area contributed by atoms with Gasteiger partial charge in [0, 0.05) is 200 Å². The number of halogens is 21. The number of aryl methyl sites for hydroxylation is 8. The Hall–Kier alpha value is -11.0. The fourth-order valence-corrected chi connectivity index (χ4v) is 21.4. The van der Waals surface area contributed by atoms with Crippen molar-refractivity contribution < 1.29 is 119 Å². The molecule has 0 radical (unpaired) electrons. The molecule has 0 spiro atoms. The minimum Gasteiger partial charge on any atom is -0.469 e. The largest absolute Gasteiger partial charge is 0.469 e. The quantitative estimate of drug-likeness (QED) is 0.0444. The van der Waals surface area contributed by atoms with Crippen LogP contribution in [0.25, 0.3) is 43.6 Å². The molecule has 21 nitrogen and oxygen atoms in total. The molecular weight excluding hydrogens is 2110 g/mol. The number of likely N-dealkylation sites (tertiary alicyclic amines) is 4. The van der Waals surface area contributed by atoms with Crippen LogP contribution in [-0.2, 0) is 121 Å². The number of aromatic nitrogens is 4. The molecule has 4 fully saturated rings. The molecule has 4 saturated heterocycles. The number of carbonyl (C=O) groups excluding carboxylic acids is 8. The minimum atomic E-state index is -4.47. The topological polar surface area (TPSA) is 215 Å². The van der Waals surface area contributed by atoms with Crippen LogP contribution in [0.1, 0.15) is 183 Å². The highest BCUT2D eigenvalue weighted by Gasteiger charge is 2.54. The van der Waals surface area contributed by atoms with Crippen LogP contribution in [0.3, 0.4) is 0 Å². The Morgan fingerprint density at radius 1 is 0.374 bits per heavy atom. The van der Waals surface area contributed by atoms with Gasteiger partial charge in [-0.1, -0.05) is 92.8 Å². The molecule has 8 heterocycles. The Bertz CT molecular complexity index is 7210. The molecule has 0 saturated carbocycles. The van der Waals surface area contributed by atoms with Crippen LogP contribution in [0.2, 0.25) is 40.2 Å². The summed E-state index contributed by atoms with van der Waals surface area (Å²) in [5.74, 6) is -3.94. The molecule has 4 aliphatic heterocycles. The number of benzene rings is 8. The second kappa shape index (κ2) is 44.3. The third-order valence-electron chi connectivity index (χ3n) is 28.0. The molecule has 0 N–H and O–H groups in total. The van der Waals surface area contributed by atoms with Crippen molar-refractivity contribution in [1.29, 1.82) is 0 Å². The molecule has 786 valence electrons. The van der Waals surface area contributed by atoms with E-state index < -0.39 is 87.4 Å². The number of amides is 4. The maximum absolute atomic E-state index is 15.0. The van der Waals surface area contributed by atoms with E-state index in [1.807, 2.05) is 19.1 Å². The summed E-state index contributed by atoms with van der Waals surface area (Å²) < 4.78 is 206. The summed E-state index contributed by atoms with van der Waals surface area (Å²) in [4.78, 5) is 107. The number of alkyl halides is 13. The van der Waals surface area contributed by atoms with Crippen LogP contribution in [0.5, 0.6) is 0 Å². The summed E-state index contributed by atoms with van der Waals surface area (Å²) >= 11 is 52.5. The average Bonchev–Trinajstić information content (AvgIpc) is 1.41. The molecule has 4 aromatic heterocycles. The highest BCUT2D eigenvalue weighted by atomic mass is 35.5. The Morgan fingerprint density at radius 2 is 0.660 bits per heavy atom. The minimum absolute atomic E-state index is 0.00640. The molecule has 16 rings (SSSR count). The number of ether oxygens (including phenoxy) is 5. The number of methoxy groups -OCH3 is 4. The molecule has 147 heavy (non-hydrogen) atoms. The molecular formula is C105H101Cl8F13N8O13. The second-order valence-corrected chi connectivity index (χ2v) is 40.4. The lowest BCUT2D eigenvalue weighted by molar-refractivity contribution is -0.183. The molecule has 4 amide bonds. The molecule has 12 aromatic rings. The third kappa shape index (κ3) is 23.5. The lowest BCUT2D eigenvalue weighted by atomic mass is 9.80. The Balaban J connectivity index is 0.000000164. The average molecular weight is 2210 g/mol. The van der Waals surface area contributed by atoms with E-state index in [1.54, 1.807) is 133 Å². The Labute approximate surface area is 877 Å². The molecule has 1 atom stereocenters. The molecule has 1 unspecified atom stereocenters. The van der Waals surface area contributed by atoms with E-state index in [4.69, 9.17) is 116 Å². The maximum Gasteiger partial charge on any atom is 0.416 e. The fourth-order valence-electron chi connectivity index (χ4n) is 19.0. The molecule has 8 aromatic carbocycles. The zero-order valence-corrected chi connectivity index (χ0v) is 87.9. The van der Waals surface area contributed by atoms with Crippen LogP contribution in [0, 0.1) is 39.0 Å². The summed E-state index contributed by atoms with van der Waals surface area (Å²) in [7, 11) is 12.0. The van der Waals surface area contributed by atoms with E-state index in [1.165, 1.54) is 56.4 Å². The van der Waals surface area contributed by atoms with Crippen molar-refractivity contribution in [2.75, 3.05) is 87.4 Å². The fraction of sp³-hybridized carbons (Fsp3) is 0.390. The van der Waals surface area contributed by atoms with Gasteiger partial charge in [-0.3, -0.25) is 28.8 Å². The molecule has 0 aliphatic carbocycles. The van der Waals surface area contributed by atoms with E-state index in [-0.39, 0.29) is 150 Å². The van der Waals surface area contributed by atoms with E-state index in [9.17, 15) is 95.4 Å². The zero-order chi connectivity index (χ0) is 108. The molecule has 0 bridgehead atoms. The highest BCUT2D eigenvalue weighted by molar-refractivity contribution is 6.40. The predicted octanol–water partition coefficient (Wildman–Crippen LogP) is 25.6. The summed E-state index contributed by atoms with van der Waals surface area (Å²) in [5.41, 5.74) is 2.43. The van der Waals surface area contributed by atoms with Gasteiger partial charge in [0.1, 0.15) is 0 Å². The summed E-state index contributed by atoms with van der Waals surface area (Å²) in [6.07, 6.45) is -15.2. The van der Waals surface area contributed by atoms with Gasteiger partial charge in [0.2, 0.25) is 5.67 Å². The van der Waals surface area contributed by atoms with Gasteiger partial charge in [0.15, 0.2) is 5.60 Å². The number of hydrogen-bond acceptors (Lipinski definition) is 13. The summed E-state index contributed by atoms with van der Waals surface area (Å²) in [5, 5.41) is 4.71. The summed E-state index contributed by atoms with van der Waals surface area (Å²) in [6.45, 7) is 11.5. The summed E-state index contributed by atoms with van der Waals surface area (Å²) in [6, 6.07) is 28.6. The lowest BCUT2D eigenvalue weighted by Crippen LogP contribution is -2.68. The van der Waals surface area contributed by atoms with Crippen LogP contribution in [0.15, 0.2) is 121 Å². The first-order valence-electron chi connectivity index (χ1n) is 46.1. The Kier molecular flexibility index (Phi) is 34.1. The normalized spacial score (nSPS) is 15.8. The first-order valence-corrected chi connectivity index (χ1v) is 49.2. The van der Waals surface area contributed by atoms with Gasteiger partial charge < -0.3 is 61.6 Å². The van der Waals surface area contributed by atoms with E-state index >= 15 is 0 Å². The van der Waals surface area contributed by atoms with Crippen molar-refractivity contribution in [2.24, 2.45) is 39.5 Å². The van der Waals surface area contributed by atoms with Gasteiger partial charge in [0.25, 0.3) is 23.6 Å². The number of piperidine rings is 3. The SMILES string of the molecule is CCOC(=O)C1(F)CCN(C(=O)c2ccc(Cl)c(Cc3cc4c(C)cc(C(F)(F)F)cc4n3C)c2Cl)CC1.COC(=O)C1(C)CCN(C(=O)c2ccc(Cl)c(Cc3cc4c(C)cc(C(F)(F)F)cc4n3C)c2Cl)CC1.COC(=O)C1(OC)CN(C(=O)c2ccc(Cl)c(Cc3cc4c(C)cc(C(F)(F)F)cc4n3C)c2Cl)C1.COC(=O)C1CCCN(C(=O)c2ccc(Cl)c(Cc3cc4c(C)cc(C(F)(F)F)cc4n3C)c2Cl)C1. The number of fused-ring (bicyclic) bond motifs is 4. The predicted molar refractivity (Wildman–Crippen MR) is 537 cm³/mol. The van der Waals surface area contributed by atoms with Crippen molar-refractivity contribution in [3.05, 3.63) is 273 Å². The van der Waals surface area contributed by atoms with E-state index in [2.05, 4.69) is 0 Å². The van der Waals surface area contributed by atoms with Crippen molar-refractivity contribution in [1.82, 2.24) is 37.9 Å². The lowest BCUT2D eigenvalue weighted by Gasteiger charge is -2.46. The molecule has 4 aliphatic rings. The monoisotopic (exact) mass is 2210 g/mol. The number of hydrogen-bond donors (Lipinski definition) is 0. The van der Waals surface area contributed by atoms with Crippen molar-refractivity contribution >= 4 is 184 Å². The van der Waals surface area contributed by atoms with Gasteiger partial charge in [-0.2, -0.15) is 52.7 Å². The van der Waals surface area contributed by atoms with Gasteiger partial charge in [-0.25, -0.2) is 14.0 Å². The van der Waals surface area contributed by atoms with Crippen LogP contribution >= 0.6 is 92.8 Å². The standard InChI is InChI=1S/C27H26Cl2F4N2O3.C27H27Cl2F3N2O3.C26H25Cl2F3N2O3.C25H23Cl2F3N2O4/c1-4-38-25(37)26(30)7-9-35(10-8-26)24(36)18-5-6-21(28)20(23(18)29)14-17-13-19-15(2)11-16(27(31,32)33)12-22(19)34(17)3;1-15-11-16(27(30,31)32)12-22-19(15)13-17(33(22)3)14-20-21(28)6-5-18(23(20)29)24(35)34-9-7-26(2,8-10-34)25(36)37-4;1-14-9-16(26(29,30)31)10-22-19(14)11-17(32(22)2)12-20-21(27)7-6-18(23(20)28)24(34)33-8-4-5-15(13-33)25(35)36-3;1-13-7-14(25(28,29)30)8-20-17(13)9-15(31(20)2)10-18-19(26)6-5-16(21(18)27)22(33)32-11-24(12-32,36-4)23(34)35-3/h5-6,11-13H,4,7-10,14H2,1-3H3;5-6,11-13H,7-10,14H2,1-4H3;6-7,9-11,15H,4-5,8,12-13H2,1-3H3;5-9H,10-12H2,1-4H3. The van der Waals surface area contributed by atoms with Crippen molar-refractivity contribution in [3.63, 3.8) is 0 Å². The highest BCUT2D eigenvalue weighted by Crippen LogP contribution is 2.46. The van der Waals surface area contributed by atoms with E-state index in [0.29, 0.717) is 176 Å². The van der Waals surface area contributed by atoms with E-state index in [0.717, 1.165) is 48.5 Å². The number of rotatable bonds is 18. The second-order valence-electron chi connectivity index (χ2n) is 37.2. The van der Waals surface area contributed by atoms with Gasteiger partial charge in [-0.15, -0.1) is 0 Å². The van der Waals surface area contributed by atoms with Gasteiger partial charge in [0.05, 0.1) is 117 Å². The first kappa shape index (κ1) is 113. The van der Waals surface area contributed by atoms with Crippen LogP contribution in [0.4, 0.5) is 57.1 Å². The first-order chi connectivity index (χ1) is 68.8. The number of nitrogens with zero attached hydrogens (tertiary/aromatic N) is 8. The van der Waals surface area contributed by atoms with Gasteiger partial charge >= 0.3 is 48.6 Å². The maximum atomic E-state index is 15.0. The number of carbonyl (C=O) groups is 8.